The first kappa shape index (κ1) is 24.0. The zero-order chi connectivity index (χ0) is 18.8. The molecule has 0 spiro atoms. The Morgan fingerprint density at radius 3 is 2.44 bits per heavy atom. The van der Waals surface area contributed by atoms with Gasteiger partial charge in [0.15, 0.2) is 5.96 Å². The van der Waals surface area contributed by atoms with Gasteiger partial charge in [-0.3, -0.25) is 4.99 Å². The lowest BCUT2D eigenvalue weighted by Crippen LogP contribution is -2.38. The highest BCUT2D eigenvalue weighted by atomic mass is 127. The molecule has 8 heteroatoms. The van der Waals surface area contributed by atoms with Crippen LogP contribution in [0.15, 0.2) is 29.3 Å². The molecule has 1 saturated heterocycles. The molecule has 27 heavy (non-hydrogen) atoms. The molecule has 1 aliphatic heterocycles. The minimum Gasteiger partial charge on any atom is -0.356 e. The monoisotopic (exact) mass is 498 g/mol. The lowest BCUT2D eigenvalue weighted by Gasteiger charge is -2.20. The molecule has 1 heterocycles. The molecule has 0 aromatic heterocycles. The fourth-order valence-electron chi connectivity index (χ4n) is 3.13. The van der Waals surface area contributed by atoms with E-state index in [2.05, 4.69) is 20.5 Å². The van der Waals surface area contributed by atoms with Crippen molar-refractivity contribution in [2.45, 2.75) is 44.8 Å². The molecule has 0 unspecified atom stereocenters. The van der Waals surface area contributed by atoms with Crippen LogP contribution in [-0.2, 0) is 12.7 Å². The third kappa shape index (κ3) is 9.14. The summed E-state index contributed by atoms with van der Waals surface area (Å²) in [4.78, 5) is 6.64. The molecular formula is C19H30F3IN4. The number of nitrogens with zero attached hydrogens (tertiary/aromatic N) is 2. The van der Waals surface area contributed by atoms with Crippen LogP contribution in [0.1, 0.15) is 43.2 Å². The minimum absolute atomic E-state index is 0. The molecule has 1 aromatic rings. The molecule has 1 aromatic carbocycles. The SMILES string of the molecule is CN=C(NCCCN1CCCCCC1)NCc1cccc(C(F)(F)F)c1.I. The largest absolute Gasteiger partial charge is 0.416 e. The number of aliphatic imine (C=N–C) groups is 1. The van der Waals surface area contributed by atoms with Crippen LogP contribution in [0.2, 0.25) is 0 Å². The van der Waals surface area contributed by atoms with Crippen LogP contribution < -0.4 is 10.6 Å². The van der Waals surface area contributed by atoms with Crippen LogP contribution in [0.25, 0.3) is 0 Å². The molecule has 0 aliphatic carbocycles. The highest BCUT2D eigenvalue weighted by molar-refractivity contribution is 14.0. The average Bonchev–Trinajstić information content (AvgIpc) is 2.89. The maximum atomic E-state index is 12.8. The van der Waals surface area contributed by atoms with Gasteiger partial charge in [-0.1, -0.05) is 25.0 Å². The summed E-state index contributed by atoms with van der Waals surface area (Å²) in [5.41, 5.74) is -0.0514. The summed E-state index contributed by atoms with van der Waals surface area (Å²) in [6.07, 6.45) is 1.94. The van der Waals surface area contributed by atoms with Gasteiger partial charge < -0.3 is 15.5 Å². The first-order valence-electron chi connectivity index (χ1n) is 9.32. The summed E-state index contributed by atoms with van der Waals surface area (Å²) < 4.78 is 38.3. The van der Waals surface area contributed by atoms with Crippen molar-refractivity contribution >= 4 is 29.9 Å². The van der Waals surface area contributed by atoms with Crippen LogP contribution in [0.5, 0.6) is 0 Å². The van der Waals surface area contributed by atoms with Crippen molar-refractivity contribution in [3.05, 3.63) is 35.4 Å². The predicted octanol–water partition coefficient (Wildman–Crippen LogP) is 4.25. The molecule has 2 rings (SSSR count). The van der Waals surface area contributed by atoms with Gasteiger partial charge in [0.05, 0.1) is 5.56 Å². The molecule has 2 N–H and O–H groups in total. The zero-order valence-electron chi connectivity index (χ0n) is 15.8. The van der Waals surface area contributed by atoms with E-state index in [-0.39, 0.29) is 24.0 Å². The van der Waals surface area contributed by atoms with Crippen molar-refractivity contribution < 1.29 is 13.2 Å². The summed E-state index contributed by atoms with van der Waals surface area (Å²) in [5.74, 6) is 0.610. The summed E-state index contributed by atoms with van der Waals surface area (Å²) in [7, 11) is 1.66. The van der Waals surface area contributed by atoms with Gasteiger partial charge >= 0.3 is 6.18 Å². The number of halogens is 4. The number of alkyl halides is 3. The second-order valence-corrected chi connectivity index (χ2v) is 6.66. The Morgan fingerprint density at radius 1 is 1.11 bits per heavy atom. The van der Waals surface area contributed by atoms with Crippen LogP contribution in [0.4, 0.5) is 13.2 Å². The molecular weight excluding hydrogens is 468 g/mol. The van der Waals surface area contributed by atoms with Crippen LogP contribution in [0, 0.1) is 0 Å². The highest BCUT2D eigenvalue weighted by Gasteiger charge is 2.30. The second kappa shape index (κ2) is 12.4. The van der Waals surface area contributed by atoms with E-state index in [9.17, 15) is 13.2 Å². The minimum atomic E-state index is -4.32. The number of likely N-dealkylation sites (tertiary alicyclic amines) is 1. The predicted molar refractivity (Wildman–Crippen MR) is 115 cm³/mol. The zero-order valence-corrected chi connectivity index (χ0v) is 18.1. The van der Waals surface area contributed by atoms with Gasteiger partial charge in [-0.05, 0) is 56.6 Å². The van der Waals surface area contributed by atoms with E-state index in [1.807, 2.05) is 0 Å². The topological polar surface area (TPSA) is 39.7 Å². The van der Waals surface area contributed by atoms with E-state index in [1.54, 1.807) is 13.1 Å². The maximum Gasteiger partial charge on any atom is 0.416 e. The molecule has 0 bridgehead atoms. The van der Waals surface area contributed by atoms with Crippen molar-refractivity contribution in [2.75, 3.05) is 33.2 Å². The van der Waals surface area contributed by atoms with Gasteiger partial charge in [-0.15, -0.1) is 24.0 Å². The lowest BCUT2D eigenvalue weighted by molar-refractivity contribution is -0.137. The fraction of sp³-hybridized carbons (Fsp3) is 0.632. The Balaban J connectivity index is 0.00000364. The Labute approximate surface area is 177 Å². The van der Waals surface area contributed by atoms with Crippen molar-refractivity contribution in [3.8, 4) is 0 Å². The van der Waals surface area contributed by atoms with Crippen molar-refractivity contribution in [1.29, 1.82) is 0 Å². The Hall–Kier alpha value is -1.03. The Bertz CT molecular complexity index is 570. The lowest BCUT2D eigenvalue weighted by atomic mass is 10.1. The van der Waals surface area contributed by atoms with Crippen molar-refractivity contribution in [2.24, 2.45) is 4.99 Å². The van der Waals surface area contributed by atoms with Gasteiger partial charge in [0.25, 0.3) is 0 Å². The molecule has 1 aliphatic rings. The molecule has 0 saturated carbocycles. The summed E-state index contributed by atoms with van der Waals surface area (Å²) >= 11 is 0. The first-order chi connectivity index (χ1) is 12.5. The summed E-state index contributed by atoms with van der Waals surface area (Å²) in [6, 6.07) is 5.35. The molecule has 1 fully saturated rings. The smallest absolute Gasteiger partial charge is 0.356 e. The van der Waals surface area contributed by atoms with Gasteiger partial charge in [-0.2, -0.15) is 13.2 Å². The molecule has 0 atom stereocenters. The number of nitrogens with one attached hydrogen (secondary N) is 2. The first-order valence-corrected chi connectivity index (χ1v) is 9.32. The third-order valence-electron chi connectivity index (χ3n) is 4.58. The van der Waals surface area contributed by atoms with E-state index in [4.69, 9.17) is 0 Å². The van der Waals surface area contributed by atoms with E-state index >= 15 is 0 Å². The van der Waals surface area contributed by atoms with E-state index < -0.39 is 11.7 Å². The molecule has 4 nitrogen and oxygen atoms in total. The summed E-state index contributed by atoms with van der Waals surface area (Å²) in [5, 5.41) is 6.30. The quantitative estimate of drug-likeness (QED) is 0.267. The van der Waals surface area contributed by atoms with Crippen molar-refractivity contribution in [3.63, 3.8) is 0 Å². The highest BCUT2D eigenvalue weighted by Crippen LogP contribution is 2.29. The third-order valence-corrected chi connectivity index (χ3v) is 4.58. The molecule has 154 valence electrons. The van der Waals surface area contributed by atoms with Crippen LogP contribution in [-0.4, -0.2) is 44.1 Å². The van der Waals surface area contributed by atoms with Gasteiger partial charge in [0, 0.05) is 20.1 Å². The van der Waals surface area contributed by atoms with E-state index in [0.717, 1.165) is 25.6 Å². The average molecular weight is 498 g/mol. The van der Waals surface area contributed by atoms with Crippen LogP contribution >= 0.6 is 24.0 Å². The van der Waals surface area contributed by atoms with Gasteiger partial charge in [0.1, 0.15) is 0 Å². The van der Waals surface area contributed by atoms with E-state index in [1.165, 1.54) is 50.9 Å². The van der Waals surface area contributed by atoms with Gasteiger partial charge in [-0.25, -0.2) is 0 Å². The Morgan fingerprint density at radius 2 is 1.81 bits per heavy atom. The number of hydrogen-bond donors (Lipinski definition) is 2. The van der Waals surface area contributed by atoms with Crippen molar-refractivity contribution in [1.82, 2.24) is 15.5 Å². The molecule has 0 amide bonds. The van der Waals surface area contributed by atoms with E-state index in [0.29, 0.717) is 18.1 Å². The Kier molecular flexibility index (Phi) is 11.1. The number of guanidine groups is 1. The maximum absolute atomic E-state index is 12.8. The standard InChI is InChI=1S/C19H29F3N4.HI/c1-23-18(24-10-7-13-26-11-4-2-3-5-12-26)25-15-16-8-6-9-17(14-16)19(20,21)22;/h6,8-9,14H,2-5,7,10-13,15H2,1H3,(H2,23,24,25);1H. The van der Waals surface area contributed by atoms with Crippen LogP contribution in [0.3, 0.4) is 0 Å². The molecule has 0 radical (unpaired) electrons. The number of rotatable bonds is 6. The second-order valence-electron chi connectivity index (χ2n) is 6.66. The normalized spacial score (nSPS) is 16.4. The number of benzene rings is 1. The summed E-state index contributed by atoms with van der Waals surface area (Å²) in [6.45, 7) is 4.52. The number of hydrogen-bond acceptors (Lipinski definition) is 2. The fourth-order valence-corrected chi connectivity index (χ4v) is 3.13. The van der Waals surface area contributed by atoms with Gasteiger partial charge in [0.2, 0.25) is 0 Å².